The van der Waals surface area contributed by atoms with Crippen molar-refractivity contribution in [2.45, 2.75) is 13.0 Å². The molecule has 0 radical (unpaired) electrons. The Kier molecular flexibility index (Phi) is 3.44. The zero-order valence-corrected chi connectivity index (χ0v) is 8.52. The molecule has 0 aromatic heterocycles. The largest absolute Gasteiger partial charge is 0.480 e. The van der Waals surface area contributed by atoms with Crippen molar-refractivity contribution in [3.8, 4) is 0 Å². The van der Waals surface area contributed by atoms with Gasteiger partial charge in [-0.15, -0.1) is 0 Å². The maximum atomic E-state index is 11.3. The fraction of sp³-hybridized carbons (Fsp3) is 0.500. The van der Waals surface area contributed by atoms with Gasteiger partial charge in [-0.3, -0.25) is 19.3 Å². The fourth-order valence-corrected chi connectivity index (χ4v) is 1.11. The third-order valence-electron chi connectivity index (χ3n) is 1.99. The van der Waals surface area contributed by atoms with E-state index in [-0.39, 0.29) is 6.54 Å². The Labute approximate surface area is 90.6 Å². The minimum absolute atomic E-state index is 0.138. The van der Waals surface area contributed by atoms with Crippen LogP contribution in [0, 0.1) is 0 Å². The van der Waals surface area contributed by atoms with Gasteiger partial charge in [-0.2, -0.15) is 0 Å². The molecule has 8 nitrogen and oxygen atoms in total. The van der Waals surface area contributed by atoms with Gasteiger partial charge in [-0.05, 0) is 6.92 Å². The molecular weight excluding hydrogens is 218 g/mol. The van der Waals surface area contributed by atoms with E-state index in [9.17, 15) is 19.2 Å². The maximum Gasteiger partial charge on any atom is 0.325 e. The highest BCUT2D eigenvalue weighted by atomic mass is 16.4. The molecule has 1 saturated heterocycles. The van der Waals surface area contributed by atoms with E-state index < -0.39 is 36.4 Å². The molecule has 4 amide bonds. The van der Waals surface area contributed by atoms with Crippen molar-refractivity contribution in [2.24, 2.45) is 0 Å². The van der Waals surface area contributed by atoms with Crippen LogP contribution in [0.25, 0.3) is 0 Å². The molecule has 1 fully saturated rings. The van der Waals surface area contributed by atoms with Crippen molar-refractivity contribution in [3.63, 3.8) is 0 Å². The maximum absolute atomic E-state index is 11.3. The molecule has 1 rings (SSSR count). The van der Waals surface area contributed by atoms with Gasteiger partial charge in [0, 0.05) is 0 Å². The summed E-state index contributed by atoms with van der Waals surface area (Å²) in [4.78, 5) is 44.5. The van der Waals surface area contributed by atoms with Gasteiger partial charge < -0.3 is 15.7 Å². The van der Waals surface area contributed by atoms with Gasteiger partial charge in [-0.25, -0.2) is 4.79 Å². The molecule has 0 spiro atoms. The Morgan fingerprint density at radius 3 is 2.62 bits per heavy atom. The van der Waals surface area contributed by atoms with Crippen LogP contribution in [0.5, 0.6) is 0 Å². The molecule has 8 heteroatoms. The van der Waals surface area contributed by atoms with E-state index in [0.717, 1.165) is 4.90 Å². The van der Waals surface area contributed by atoms with Crippen LogP contribution in [0.15, 0.2) is 0 Å². The zero-order valence-electron chi connectivity index (χ0n) is 8.52. The number of hydrogen-bond acceptors (Lipinski definition) is 4. The molecule has 0 unspecified atom stereocenters. The van der Waals surface area contributed by atoms with Gasteiger partial charge in [-0.1, -0.05) is 0 Å². The number of nitrogens with one attached hydrogen (secondary N) is 2. The van der Waals surface area contributed by atoms with E-state index in [1.54, 1.807) is 0 Å². The van der Waals surface area contributed by atoms with E-state index in [0.29, 0.717) is 0 Å². The van der Waals surface area contributed by atoms with Crippen LogP contribution in [0.4, 0.5) is 4.79 Å². The number of amides is 4. The van der Waals surface area contributed by atoms with E-state index >= 15 is 0 Å². The van der Waals surface area contributed by atoms with Gasteiger partial charge >= 0.3 is 12.0 Å². The Bertz CT molecular complexity index is 338. The predicted molar refractivity (Wildman–Crippen MR) is 50.4 cm³/mol. The summed E-state index contributed by atoms with van der Waals surface area (Å²) in [6, 6.07) is -1.71. The van der Waals surface area contributed by atoms with Crippen molar-refractivity contribution in [1.29, 1.82) is 0 Å². The number of carboxylic acids is 1. The molecular formula is C8H11N3O5. The first kappa shape index (κ1) is 12.0. The Morgan fingerprint density at radius 2 is 2.19 bits per heavy atom. The van der Waals surface area contributed by atoms with Crippen LogP contribution in [0.3, 0.4) is 0 Å². The summed E-state index contributed by atoms with van der Waals surface area (Å²) >= 11 is 0. The van der Waals surface area contributed by atoms with Crippen molar-refractivity contribution in [2.75, 3.05) is 13.1 Å². The van der Waals surface area contributed by atoms with Crippen molar-refractivity contribution < 1.29 is 24.3 Å². The molecule has 1 aliphatic rings. The van der Waals surface area contributed by atoms with Crippen LogP contribution in [-0.2, 0) is 14.4 Å². The van der Waals surface area contributed by atoms with Crippen LogP contribution >= 0.6 is 0 Å². The minimum atomic E-state index is -1.19. The molecule has 1 aliphatic heterocycles. The lowest BCUT2D eigenvalue weighted by Crippen LogP contribution is -2.45. The molecule has 1 atom stereocenters. The lowest BCUT2D eigenvalue weighted by molar-refractivity contribution is -0.141. The van der Waals surface area contributed by atoms with Gasteiger partial charge in [0.15, 0.2) is 0 Å². The first-order valence-corrected chi connectivity index (χ1v) is 4.52. The normalized spacial score (nSPS) is 16.9. The van der Waals surface area contributed by atoms with E-state index in [1.807, 2.05) is 0 Å². The van der Waals surface area contributed by atoms with Crippen LogP contribution < -0.4 is 10.6 Å². The number of carbonyl (C=O) groups excluding carboxylic acids is 3. The van der Waals surface area contributed by atoms with E-state index in [2.05, 4.69) is 10.6 Å². The molecule has 88 valence electrons. The zero-order chi connectivity index (χ0) is 12.3. The summed E-state index contributed by atoms with van der Waals surface area (Å²) in [6.45, 7) is 0.676. The monoisotopic (exact) mass is 229 g/mol. The predicted octanol–water partition coefficient (Wildman–Crippen LogP) is -1.87. The smallest absolute Gasteiger partial charge is 0.325 e. The van der Waals surface area contributed by atoms with Gasteiger partial charge in [0.1, 0.15) is 12.6 Å². The summed E-state index contributed by atoms with van der Waals surface area (Å²) in [7, 11) is 0. The minimum Gasteiger partial charge on any atom is -0.480 e. The van der Waals surface area contributed by atoms with Crippen LogP contribution in [0.1, 0.15) is 6.92 Å². The lowest BCUT2D eigenvalue weighted by atomic mass is 10.3. The topological polar surface area (TPSA) is 116 Å². The average Bonchev–Trinajstić information content (AvgIpc) is 2.49. The number of urea groups is 1. The molecule has 3 N–H and O–H groups in total. The molecule has 0 bridgehead atoms. The standard InChI is InChI=1S/C8H11N3O5/c1-4(7(14)15)10-5(12)3-11-6(13)2-9-8(11)16/h4H,2-3H2,1H3,(H,9,16)(H,10,12)(H,14,15)/t4-/m0/s1. The first-order chi connectivity index (χ1) is 7.41. The third-order valence-corrected chi connectivity index (χ3v) is 1.99. The average molecular weight is 229 g/mol. The second-order valence-electron chi connectivity index (χ2n) is 3.27. The van der Waals surface area contributed by atoms with Crippen LogP contribution in [0.2, 0.25) is 0 Å². The van der Waals surface area contributed by atoms with Crippen LogP contribution in [-0.4, -0.2) is 53.0 Å². The SMILES string of the molecule is C[C@H](NC(=O)CN1C(=O)CNC1=O)C(=O)O. The number of imide groups is 1. The lowest BCUT2D eigenvalue weighted by Gasteiger charge is -2.13. The highest BCUT2D eigenvalue weighted by Gasteiger charge is 2.30. The molecule has 0 saturated carbocycles. The highest BCUT2D eigenvalue weighted by molar-refractivity contribution is 6.04. The molecule has 0 aromatic rings. The number of carboxylic acid groups (broad SMARTS) is 1. The summed E-state index contributed by atoms with van der Waals surface area (Å²) in [5.74, 6) is -2.39. The highest BCUT2D eigenvalue weighted by Crippen LogP contribution is 1.98. The quantitative estimate of drug-likeness (QED) is 0.488. The number of hydrogen-bond donors (Lipinski definition) is 3. The van der Waals surface area contributed by atoms with E-state index in [1.165, 1.54) is 6.92 Å². The Morgan fingerprint density at radius 1 is 1.56 bits per heavy atom. The number of nitrogens with zero attached hydrogens (tertiary/aromatic N) is 1. The van der Waals surface area contributed by atoms with Crippen molar-refractivity contribution >= 4 is 23.8 Å². The molecule has 1 heterocycles. The molecule has 16 heavy (non-hydrogen) atoms. The third kappa shape index (κ3) is 2.69. The van der Waals surface area contributed by atoms with Crippen molar-refractivity contribution in [3.05, 3.63) is 0 Å². The second-order valence-corrected chi connectivity index (χ2v) is 3.27. The summed E-state index contributed by atoms with van der Waals surface area (Å²) in [5.41, 5.74) is 0. The van der Waals surface area contributed by atoms with E-state index in [4.69, 9.17) is 5.11 Å². The first-order valence-electron chi connectivity index (χ1n) is 4.52. The Hall–Kier alpha value is -2.12. The summed E-state index contributed by atoms with van der Waals surface area (Å²) < 4.78 is 0. The number of carbonyl (C=O) groups is 4. The van der Waals surface area contributed by atoms with Gasteiger partial charge in [0.2, 0.25) is 5.91 Å². The summed E-state index contributed by atoms with van der Waals surface area (Å²) in [5, 5.41) is 12.9. The molecule has 0 aliphatic carbocycles. The Balaban J connectivity index is 2.48. The van der Waals surface area contributed by atoms with Gasteiger partial charge in [0.05, 0.1) is 6.54 Å². The molecule has 0 aromatic carbocycles. The fourth-order valence-electron chi connectivity index (χ4n) is 1.11. The number of aliphatic carboxylic acids is 1. The number of rotatable bonds is 4. The summed E-state index contributed by atoms with van der Waals surface area (Å²) in [6.07, 6.45) is 0. The van der Waals surface area contributed by atoms with Gasteiger partial charge in [0.25, 0.3) is 5.91 Å². The van der Waals surface area contributed by atoms with Crippen molar-refractivity contribution in [1.82, 2.24) is 15.5 Å². The second kappa shape index (κ2) is 4.60.